The summed E-state index contributed by atoms with van der Waals surface area (Å²) in [7, 11) is 0. The molecule has 0 radical (unpaired) electrons. The monoisotopic (exact) mass is 331 g/mol. The minimum absolute atomic E-state index is 0.134. The molecule has 3 rings (SSSR count). The molecule has 0 unspecified atom stereocenters. The van der Waals surface area contributed by atoms with Crippen LogP contribution in [-0.4, -0.2) is 22.2 Å². The zero-order valence-corrected chi connectivity index (χ0v) is 12.9. The van der Waals surface area contributed by atoms with Gasteiger partial charge >= 0.3 is 5.91 Å². The second kappa shape index (κ2) is 6.19. The molecule has 1 atom stereocenters. The van der Waals surface area contributed by atoms with E-state index in [1.165, 1.54) is 22.9 Å². The lowest BCUT2D eigenvalue weighted by molar-refractivity contribution is 0.0666. The number of nitrogens with one attached hydrogen (secondary N) is 2. The van der Waals surface area contributed by atoms with Gasteiger partial charge in [0.15, 0.2) is 0 Å². The Hall–Kier alpha value is -2.71. The fourth-order valence-corrected chi connectivity index (χ4v) is 3.06. The van der Waals surface area contributed by atoms with Gasteiger partial charge in [0.25, 0.3) is 5.91 Å². The molecule has 2 amide bonds. The van der Waals surface area contributed by atoms with E-state index in [1.54, 1.807) is 6.92 Å². The van der Waals surface area contributed by atoms with Crippen LogP contribution in [0.2, 0.25) is 0 Å². The lowest BCUT2D eigenvalue weighted by Crippen LogP contribution is -2.26. The van der Waals surface area contributed by atoms with Crippen molar-refractivity contribution in [3.05, 3.63) is 52.7 Å². The van der Waals surface area contributed by atoms with Crippen molar-refractivity contribution in [1.29, 1.82) is 0 Å². The van der Waals surface area contributed by atoms with E-state index in [9.17, 15) is 9.59 Å². The largest absolute Gasteiger partial charge is 0.351 e. The van der Waals surface area contributed by atoms with Crippen molar-refractivity contribution < 1.29 is 19.3 Å². The molecule has 8 heteroatoms. The third kappa shape index (κ3) is 3.08. The fraction of sp³-hybridized carbons (Fsp3) is 0.133. The topological polar surface area (TPSA) is 104 Å². The van der Waals surface area contributed by atoms with Gasteiger partial charge in [-0.15, -0.1) is 11.3 Å². The molecule has 0 saturated heterocycles. The Morgan fingerprint density at radius 3 is 2.78 bits per heavy atom. The summed E-state index contributed by atoms with van der Waals surface area (Å²) >= 11 is 1.40. The maximum atomic E-state index is 12.3. The highest BCUT2D eigenvalue weighted by atomic mass is 32.1. The molecule has 118 valence electrons. The summed E-state index contributed by atoms with van der Waals surface area (Å²) in [4.78, 5) is 24.1. The molecule has 2 aromatic heterocycles. The SMILES string of the molecule is C[C@@H](NC(=O)c1cc2ccccc2s1)c1cc(C(=O)NO)on1. The van der Waals surface area contributed by atoms with Gasteiger partial charge in [-0.05, 0) is 24.4 Å². The third-order valence-corrected chi connectivity index (χ3v) is 4.41. The molecule has 23 heavy (non-hydrogen) atoms. The lowest BCUT2D eigenvalue weighted by Gasteiger charge is -2.09. The Morgan fingerprint density at radius 2 is 2.04 bits per heavy atom. The molecule has 0 aliphatic heterocycles. The normalized spacial score (nSPS) is 12.1. The van der Waals surface area contributed by atoms with E-state index in [1.807, 2.05) is 30.3 Å². The van der Waals surface area contributed by atoms with E-state index in [2.05, 4.69) is 10.5 Å². The molecule has 0 fully saturated rings. The first kappa shape index (κ1) is 15.2. The van der Waals surface area contributed by atoms with Crippen LogP contribution in [0.15, 0.2) is 40.9 Å². The number of aromatic nitrogens is 1. The Bertz CT molecular complexity index is 837. The molecule has 1 aromatic carbocycles. The van der Waals surface area contributed by atoms with Crippen molar-refractivity contribution in [2.75, 3.05) is 0 Å². The Labute approximate surface area is 134 Å². The summed E-state index contributed by atoms with van der Waals surface area (Å²) < 4.78 is 5.84. The Kier molecular flexibility index (Phi) is 4.09. The first-order valence-corrected chi connectivity index (χ1v) is 7.60. The first-order chi connectivity index (χ1) is 11.1. The molecular weight excluding hydrogens is 318 g/mol. The average molecular weight is 331 g/mol. The van der Waals surface area contributed by atoms with Gasteiger partial charge in [0.1, 0.15) is 5.69 Å². The van der Waals surface area contributed by atoms with E-state index in [-0.39, 0.29) is 11.7 Å². The van der Waals surface area contributed by atoms with Gasteiger partial charge in [-0.25, -0.2) is 5.48 Å². The van der Waals surface area contributed by atoms with Crippen molar-refractivity contribution in [3.8, 4) is 0 Å². The molecular formula is C15H13N3O4S. The van der Waals surface area contributed by atoms with Gasteiger partial charge in [0.05, 0.1) is 10.9 Å². The summed E-state index contributed by atoms with van der Waals surface area (Å²) in [5.41, 5.74) is 1.84. The molecule has 0 bridgehead atoms. The van der Waals surface area contributed by atoms with Gasteiger partial charge in [-0.3, -0.25) is 14.8 Å². The third-order valence-electron chi connectivity index (χ3n) is 3.29. The predicted octanol–water partition coefficient (Wildman–Crippen LogP) is 2.50. The van der Waals surface area contributed by atoms with Crippen LogP contribution >= 0.6 is 11.3 Å². The summed E-state index contributed by atoms with van der Waals surface area (Å²) in [6.45, 7) is 1.73. The number of benzene rings is 1. The van der Waals surface area contributed by atoms with Gasteiger partial charge in [0, 0.05) is 10.8 Å². The van der Waals surface area contributed by atoms with Crippen molar-refractivity contribution >= 4 is 33.2 Å². The quantitative estimate of drug-likeness (QED) is 0.503. The number of nitrogens with zero attached hydrogens (tertiary/aromatic N) is 1. The van der Waals surface area contributed by atoms with Crippen LogP contribution in [0.3, 0.4) is 0 Å². The number of hydroxylamine groups is 1. The van der Waals surface area contributed by atoms with Crippen molar-refractivity contribution in [2.24, 2.45) is 0 Å². The minimum atomic E-state index is -0.799. The maximum absolute atomic E-state index is 12.3. The van der Waals surface area contributed by atoms with Crippen LogP contribution in [0.5, 0.6) is 0 Å². The first-order valence-electron chi connectivity index (χ1n) is 6.79. The van der Waals surface area contributed by atoms with Crippen molar-refractivity contribution in [2.45, 2.75) is 13.0 Å². The average Bonchev–Trinajstić information content (AvgIpc) is 3.20. The standard InChI is InChI=1S/C15H13N3O4S/c1-8(10-7-11(22-18-10)14(19)17-21)16-15(20)13-6-9-4-2-3-5-12(9)23-13/h2-8,21H,1H3,(H,16,20)(H,17,19)/t8-/m1/s1. The zero-order chi connectivity index (χ0) is 16.4. The van der Waals surface area contributed by atoms with Crippen LogP contribution in [0.25, 0.3) is 10.1 Å². The van der Waals surface area contributed by atoms with Gasteiger partial charge in [-0.1, -0.05) is 23.4 Å². The van der Waals surface area contributed by atoms with Gasteiger partial charge in [0.2, 0.25) is 5.76 Å². The number of thiophene rings is 1. The number of hydrogen-bond acceptors (Lipinski definition) is 6. The maximum Gasteiger partial charge on any atom is 0.313 e. The number of amides is 2. The summed E-state index contributed by atoms with van der Waals surface area (Å²) in [6.07, 6.45) is 0. The number of hydrogen-bond donors (Lipinski definition) is 3. The zero-order valence-electron chi connectivity index (χ0n) is 12.1. The molecule has 0 saturated carbocycles. The minimum Gasteiger partial charge on any atom is -0.351 e. The summed E-state index contributed by atoms with van der Waals surface area (Å²) in [5, 5.41) is 16.1. The molecule has 0 aliphatic carbocycles. The van der Waals surface area contributed by atoms with E-state index >= 15 is 0 Å². The highest BCUT2D eigenvalue weighted by Crippen LogP contribution is 2.25. The number of fused-ring (bicyclic) bond motifs is 1. The van der Waals surface area contributed by atoms with Crippen LogP contribution in [-0.2, 0) is 0 Å². The second-order valence-electron chi connectivity index (χ2n) is 4.90. The second-order valence-corrected chi connectivity index (χ2v) is 5.98. The Morgan fingerprint density at radius 1 is 1.26 bits per heavy atom. The van der Waals surface area contributed by atoms with E-state index in [0.717, 1.165) is 10.1 Å². The molecule has 7 nitrogen and oxygen atoms in total. The van der Waals surface area contributed by atoms with Crippen molar-refractivity contribution in [1.82, 2.24) is 16.0 Å². The van der Waals surface area contributed by atoms with E-state index < -0.39 is 11.9 Å². The van der Waals surface area contributed by atoms with Crippen LogP contribution in [0, 0.1) is 0 Å². The highest BCUT2D eigenvalue weighted by Gasteiger charge is 2.19. The molecule has 3 aromatic rings. The summed E-state index contributed by atoms with van der Waals surface area (Å²) in [6, 6.07) is 10.5. The molecule has 0 spiro atoms. The van der Waals surface area contributed by atoms with Crippen LogP contribution in [0.1, 0.15) is 38.9 Å². The molecule has 3 N–H and O–H groups in total. The van der Waals surface area contributed by atoms with Gasteiger partial charge < -0.3 is 9.84 Å². The molecule has 0 aliphatic rings. The van der Waals surface area contributed by atoms with Crippen LogP contribution < -0.4 is 10.8 Å². The number of rotatable bonds is 4. The van der Waals surface area contributed by atoms with Crippen LogP contribution in [0.4, 0.5) is 0 Å². The van der Waals surface area contributed by atoms with Gasteiger partial charge in [-0.2, -0.15) is 0 Å². The lowest BCUT2D eigenvalue weighted by atomic mass is 10.2. The number of carbonyl (C=O) groups excluding carboxylic acids is 2. The fourth-order valence-electron chi connectivity index (χ4n) is 2.09. The van der Waals surface area contributed by atoms with E-state index in [4.69, 9.17) is 9.73 Å². The summed E-state index contributed by atoms with van der Waals surface area (Å²) in [5.74, 6) is -1.16. The predicted molar refractivity (Wildman–Crippen MR) is 83.5 cm³/mol. The van der Waals surface area contributed by atoms with E-state index in [0.29, 0.717) is 10.6 Å². The highest BCUT2D eigenvalue weighted by molar-refractivity contribution is 7.20. The Balaban J connectivity index is 1.74. The number of carbonyl (C=O) groups is 2. The van der Waals surface area contributed by atoms with Crippen molar-refractivity contribution in [3.63, 3.8) is 0 Å². The smallest absolute Gasteiger partial charge is 0.313 e. The molecule has 2 heterocycles.